The Morgan fingerprint density at radius 3 is 3.00 bits per heavy atom. The molecule has 0 saturated carbocycles. The minimum absolute atomic E-state index is 0.0493. The zero-order chi connectivity index (χ0) is 12.4. The van der Waals surface area contributed by atoms with E-state index in [4.69, 9.17) is 0 Å². The normalized spacial score (nSPS) is 18.2. The van der Waals surface area contributed by atoms with Gasteiger partial charge in [-0.15, -0.1) is 11.8 Å². The van der Waals surface area contributed by atoms with E-state index in [1.807, 2.05) is 13.0 Å². The Bertz CT molecular complexity index is 476. The molecule has 0 spiro atoms. The Morgan fingerprint density at radius 2 is 2.29 bits per heavy atom. The highest BCUT2D eigenvalue weighted by atomic mass is 32.2. The number of anilines is 1. The first-order chi connectivity index (χ1) is 8.11. The van der Waals surface area contributed by atoms with E-state index in [1.54, 1.807) is 12.1 Å². The van der Waals surface area contributed by atoms with Gasteiger partial charge in [0.1, 0.15) is 0 Å². The van der Waals surface area contributed by atoms with Crippen LogP contribution < -0.4 is 10.8 Å². The highest BCUT2D eigenvalue weighted by Crippen LogP contribution is 2.35. The Hall–Kier alpha value is -1.53. The van der Waals surface area contributed by atoms with Crippen LogP contribution in [0.1, 0.15) is 17.3 Å². The van der Waals surface area contributed by atoms with E-state index in [9.17, 15) is 9.59 Å². The minimum atomic E-state index is -0.340. The number of hydrogen-bond donors (Lipinski definition) is 2. The van der Waals surface area contributed by atoms with Crippen LogP contribution in [0.2, 0.25) is 0 Å². The first-order valence-electron chi connectivity index (χ1n) is 5.06. The number of fused-ring (bicyclic) bond motifs is 1. The van der Waals surface area contributed by atoms with Crippen molar-refractivity contribution in [2.45, 2.75) is 17.1 Å². The lowest BCUT2D eigenvalue weighted by molar-refractivity contribution is -0.115. The van der Waals surface area contributed by atoms with Gasteiger partial charge in [-0.1, -0.05) is 0 Å². The van der Waals surface area contributed by atoms with Gasteiger partial charge in [0.25, 0.3) is 5.91 Å². The van der Waals surface area contributed by atoms with Gasteiger partial charge in [0, 0.05) is 10.5 Å². The fourth-order valence-electron chi connectivity index (χ4n) is 1.50. The average molecular weight is 252 g/mol. The Morgan fingerprint density at radius 1 is 1.53 bits per heavy atom. The Balaban J connectivity index is 2.28. The standard InChI is InChI=1S/C11H12N2O3S/c1-6-10(14)12-8-5-7(11(15)13-16-2)3-4-9(8)17-6/h3-6H,1-2H3,(H,12,14)(H,13,15)/t6-/m0/s1. The highest BCUT2D eigenvalue weighted by Gasteiger charge is 2.23. The van der Waals surface area contributed by atoms with Crippen molar-refractivity contribution in [1.29, 1.82) is 0 Å². The van der Waals surface area contributed by atoms with E-state index >= 15 is 0 Å². The maximum absolute atomic E-state index is 11.5. The monoisotopic (exact) mass is 252 g/mol. The topological polar surface area (TPSA) is 67.4 Å². The van der Waals surface area contributed by atoms with E-state index in [-0.39, 0.29) is 17.1 Å². The molecule has 0 unspecified atom stereocenters. The van der Waals surface area contributed by atoms with Crippen molar-refractivity contribution >= 4 is 29.3 Å². The van der Waals surface area contributed by atoms with E-state index in [1.165, 1.54) is 18.9 Å². The molecule has 1 atom stereocenters. The van der Waals surface area contributed by atoms with E-state index < -0.39 is 0 Å². The molecule has 1 aromatic carbocycles. The molecule has 1 aliphatic heterocycles. The Kier molecular flexibility index (Phi) is 3.35. The van der Waals surface area contributed by atoms with Crippen molar-refractivity contribution in [1.82, 2.24) is 5.48 Å². The molecule has 1 aliphatic rings. The van der Waals surface area contributed by atoms with Gasteiger partial charge in [-0.2, -0.15) is 0 Å². The summed E-state index contributed by atoms with van der Waals surface area (Å²) in [5, 5.41) is 2.66. The zero-order valence-corrected chi connectivity index (χ0v) is 10.3. The molecule has 0 saturated heterocycles. The maximum atomic E-state index is 11.5. The lowest BCUT2D eigenvalue weighted by Gasteiger charge is -2.21. The van der Waals surface area contributed by atoms with E-state index in [2.05, 4.69) is 15.6 Å². The fraction of sp³-hybridized carbons (Fsp3) is 0.273. The van der Waals surface area contributed by atoms with Gasteiger partial charge in [0.2, 0.25) is 5.91 Å². The third kappa shape index (κ3) is 2.42. The molecule has 90 valence electrons. The molecular weight excluding hydrogens is 240 g/mol. The molecule has 17 heavy (non-hydrogen) atoms. The van der Waals surface area contributed by atoms with Crippen LogP contribution in [0.25, 0.3) is 0 Å². The number of hydroxylamine groups is 1. The maximum Gasteiger partial charge on any atom is 0.274 e. The predicted molar refractivity (Wildman–Crippen MR) is 64.9 cm³/mol. The molecule has 1 aromatic rings. The minimum Gasteiger partial charge on any atom is -0.324 e. The average Bonchev–Trinajstić information content (AvgIpc) is 2.30. The molecule has 2 rings (SSSR count). The van der Waals surface area contributed by atoms with Crippen molar-refractivity contribution in [3.63, 3.8) is 0 Å². The summed E-state index contributed by atoms with van der Waals surface area (Å²) < 4.78 is 0. The largest absolute Gasteiger partial charge is 0.324 e. The predicted octanol–water partition coefficient (Wildman–Crippen LogP) is 1.41. The van der Waals surface area contributed by atoms with Crippen molar-refractivity contribution in [3.05, 3.63) is 23.8 Å². The van der Waals surface area contributed by atoms with Gasteiger partial charge in [0.05, 0.1) is 18.0 Å². The molecule has 2 amide bonds. The van der Waals surface area contributed by atoms with Crippen LogP contribution in [-0.4, -0.2) is 24.2 Å². The molecule has 1 heterocycles. The van der Waals surface area contributed by atoms with Crippen molar-refractivity contribution in [2.75, 3.05) is 12.4 Å². The number of amides is 2. The second-order valence-corrected chi connectivity index (χ2v) is 4.98. The molecule has 2 N–H and O–H groups in total. The SMILES string of the molecule is CONC(=O)c1ccc2c(c1)NC(=O)[C@H](C)S2. The van der Waals surface area contributed by atoms with Gasteiger partial charge in [-0.25, -0.2) is 5.48 Å². The molecule has 0 bridgehead atoms. The second-order valence-electron chi connectivity index (χ2n) is 3.60. The summed E-state index contributed by atoms with van der Waals surface area (Å²) in [6, 6.07) is 5.16. The van der Waals surface area contributed by atoms with Crippen LogP contribution in [-0.2, 0) is 9.63 Å². The molecule has 0 radical (unpaired) electrons. The third-order valence-electron chi connectivity index (χ3n) is 2.37. The van der Waals surface area contributed by atoms with Gasteiger partial charge < -0.3 is 5.32 Å². The smallest absolute Gasteiger partial charge is 0.274 e. The molecule has 5 nitrogen and oxygen atoms in total. The Labute approximate surface area is 103 Å². The number of carbonyl (C=O) groups excluding carboxylic acids is 2. The summed E-state index contributed by atoms with van der Waals surface area (Å²) >= 11 is 1.48. The summed E-state index contributed by atoms with van der Waals surface area (Å²) in [5.74, 6) is -0.389. The van der Waals surface area contributed by atoms with Crippen molar-refractivity contribution < 1.29 is 14.4 Å². The van der Waals surface area contributed by atoms with Crippen molar-refractivity contribution in [3.8, 4) is 0 Å². The van der Waals surface area contributed by atoms with Crippen LogP contribution in [0.15, 0.2) is 23.1 Å². The molecule has 6 heteroatoms. The second kappa shape index (κ2) is 4.77. The van der Waals surface area contributed by atoms with Gasteiger partial charge in [0.15, 0.2) is 0 Å². The van der Waals surface area contributed by atoms with Crippen LogP contribution in [0, 0.1) is 0 Å². The van der Waals surface area contributed by atoms with Gasteiger partial charge >= 0.3 is 0 Å². The van der Waals surface area contributed by atoms with E-state index in [0.717, 1.165) is 4.90 Å². The van der Waals surface area contributed by atoms with E-state index in [0.29, 0.717) is 11.3 Å². The number of carbonyl (C=O) groups is 2. The first-order valence-corrected chi connectivity index (χ1v) is 5.94. The summed E-state index contributed by atoms with van der Waals surface area (Å²) in [6.07, 6.45) is 0. The molecule has 0 aliphatic carbocycles. The summed E-state index contributed by atoms with van der Waals surface area (Å²) in [4.78, 5) is 28.5. The molecular formula is C11H12N2O3S. The quantitative estimate of drug-likeness (QED) is 0.781. The summed E-state index contributed by atoms with van der Waals surface area (Å²) in [6.45, 7) is 1.84. The summed E-state index contributed by atoms with van der Waals surface area (Å²) in [7, 11) is 1.37. The molecule has 0 aromatic heterocycles. The zero-order valence-electron chi connectivity index (χ0n) is 9.44. The number of nitrogens with one attached hydrogen (secondary N) is 2. The number of hydrogen-bond acceptors (Lipinski definition) is 4. The van der Waals surface area contributed by atoms with Gasteiger partial charge in [-0.05, 0) is 25.1 Å². The molecule has 0 fully saturated rings. The number of rotatable bonds is 2. The number of thioether (sulfide) groups is 1. The fourth-order valence-corrected chi connectivity index (χ4v) is 2.43. The highest BCUT2D eigenvalue weighted by molar-refractivity contribution is 8.00. The van der Waals surface area contributed by atoms with Crippen LogP contribution >= 0.6 is 11.8 Å². The summed E-state index contributed by atoms with van der Waals surface area (Å²) in [5.41, 5.74) is 3.34. The van der Waals surface area contributed by atoms with Gasteiger partial charge in [-0.3, -0.25) is 14.4 Å². The van der Waals surface area contributed by atoms with Crippen LogP contribution in [0.5, 0.6) is 0 Å². The third-order valence-corrected chi connectivity index (χ3v) is 3.54. The first kappa shape index (κ1) is 11.9. The number of benzene rings is 1. The lowest BCUT2D eigenvalue weighted by Crippen LogP contribution is -2.27. The van der Waals surface area contributed by atoms with Crippen molar-refractivity contribution in [2.24, 2.45) is 0 Å². The van der Waals surface area contributed by atoms with Crippen LogP contribution in [0.3, 0.4) is 0 Å². The lowest BCUT2D eigenvalue weighted by atomic mass is 10.2. The van der Waals surface area contributed by atoms with Crippen LogP contribution in [0.4, 0.5) is 5.69 Å².